The summed E-state index contributed by atoms with van der Waals surface area (Å²) in [4.78, 5) is 0. The molecule has 5 rings (SSSR count). The molecule has 0 radical (unpaired) electrons. The Hall–Kier alpha value is -0.600. The molecular weight excluding hydrogens is 488 g/mol. The van der Waals surface area contributed by atoms with Gasteiger partial charge in [-0.25, -0.2) is 0 Å². The normalized spacial score (nSPS) is 35.8. The molecule has 2 aliphatic heterocycles. The highest BCUT2D eigenvalue weighted by Gasteiger charge is 2.15. The Kier molecular flexibility index (Phi) is 20.6. The molecule has 0 N–H and O–H groups in total. The summed E-state index contributed by atoms with van der Waals surface area (Å²) < 4.78 is 10.8. The Bertz CT molecular complexity index is 556. The number of allylic oxidation sites excluding steroid dienone is 4. The van der Waals surface area contributed by atoms with Crippen LogP contribution in [0.25, 0.3) is 0 Å². The minimum atomic E-state index is 0. The summed E-state index contributed by atoms with van der Waals surface area (Å²) in [6, 6.07) is 0. The van der Waals surface area contributed by atoms with Gasteiger partial charge in [-0.15, -0.1) is 0 Å². The molecule has 0 spiro atoms. The second-order valence-electron chi connectivity index (χ2n) is 14.9. The first-order valence-corrected chi connectivity index (χ1v) is 17.5. The first kappa shape index (κ1) is 37.4. The van der Waals surface area contributed by atoms with Gasteiger partial charge in [-0.3, -0.25) is 0 Å². The summed E-state index contributed by atoms with van der Waals surface area (Å²) in [7, 11) is 0. The van der Waals surface area contributed by atoms with Gasteiger partial charge in [-0.1, -0.05) is 90.5 Å². The zero-order valence-corrected chi connectivity index (χ0v) is 28.9. The van der Waals surface area contributed by atoms with Crippen molar-refractivity contribution in [3.05, 3.63) is 23.3 Å². The Morgan fingerprint density at radius 3 is 0.975 bits per heavy atom. The van der Waals surface area contributed by atoms with Crippen LogP contribution >= 0.6 is 0 Å². The number of rotatable bonds is 0. The first-order valence-electron chi connectivity index (χ1n) is 17.5. The quantitative estimate of drug-likeness (QED) is 0.273. The molecule has 0 amide bonds. The van der Waals surface area contributed by atoms with Crippen molar-refractivity contribution in [1.29, 1.82) is 0 Å². The Morgan fingerprint density at radius 2 is 0.775 bits per heavy atom. The second-order valence-corrected chi connectivity index (χ2v) is 14.9. The van der Waals surface area contributed by atoms with Crippen LogP contribution in [0.4, 0.5) is 0 Å². The molecule has 1 saturated carbocycles. The van der Waals surface area contributed by atoms with Gasteiger partial charge in [0.05, 0.1) is 12.2 Å². The van der Waals surface area contributed by atoms with Crippen LogP contribution in [0.2, 0.25) is 0 Å². The minimum absolute atomic E-state index is 0. The zero-order valence-electron chi connectivity index (χ0n) is 28.9. The smallest absolute Gasteiger partial charge is 0.0547 e. The SMILES string of the molecule is CC1=CCC(C)CC1.CC1=CCC(C)CC1.CC1CCC(C)CC1.CC1CCC(C)OC1.CC1CCC(C)OC1.[HH]. The lowest BCUT2D eigenvalue weighted by atomic mass is 9.84. The number of hydrogen-bond donors (Lipinski definition) is 0. The highest BCUT2D eigenvalue weighted by atomic mass is 16.5. The molecule has 40 heavy (non-hydrogen) atoms. The van der Waals surface area contributed by atoms with Gasteiger partial charge in [-0.05, 0) is 127 Å². The molecule has 0 aromatic rings. The van der Waals surface area contributed by atoms with E-state index in [9.17, 15) is 0 Å². The van der Waals surface area contributed by atoms with Crippen LogP contribution < -0.4 is 0 Å². The second kappa shape index (κ2) is 22.0. The van der Waals surface area contributed by atoms with Gasteiger partial charge in [0.2, 0.25) is 0 Å². The van der Waals surface area contributed by atoms with Crippen LogP contribution in [-0.4, -0.2) is 25.4 Å². The van der Waals surface area contributed by atoms with Crippen LogP contribution in [0.5, 0.6) is 0 Å². The van der Waals surface area contributed by atoms with E-state index in [1.807, 2.05) is 0 Å². The summed E-state index contributed by atoms with van der Waals surface area (Å²) in [5.74, 6) is 5.52. The Morgan fingerprint density at radius 1 is 0.450 bits per heavy atom. The highest BCUT2D eigenvalue weighted by molar-refractivity contribution is 5.02. The zero-order chi connectivity index (χ0) is 29.9. The van der Waals surface area contributed by atoms with Crippen molar-refractivity contribution in [2.75, 3.05) is 13.2 Å². The molecule has 2 saturated heterocycles. The predicted octanol–water partition coefficient (Wildman–Crippen LogP) is 12.2. The van der Waals surface area contributed by atoms with Gasteiger partial charge in [-0.2, -0.15) is 0 Å². The van der Waals surface area contributed by atoms with Gasteiger partial charge in [0.15, 0.2) is 0 Å². The van der Waals surface area contributed by atoms with Gasteiger partial charge in [0, 0.05) is 14.6 Å². The van der Waals surface area contributed by atoms with E-state index in [1.54, 1.807) is 11.1 Å². The van der Waals surface area contributed by atoms with E-state index in [-0.39, 0.29) is 1.43 Å². The molecule has 2 heteroatoms. The van der Waals surface area contributed by atoms with Crippen LogP contribution in [-0.2, 0) is 9.47 Å². The fraction of sp³-hybridized carbons (Fsp3) is 0.895. The molecule has 0 bridgehead atoms. The average molecular weight is 563 g/mol. The third-order valence-corrected chi connectivity index (χ3v) is 9.57. The molecule has 0 aromatic carbocycles. The summed E-state index contributed by atoms with van der Waals surface area (Å²) in [5, 5.41) is 0. The molecule has 6 unspecified atom stereocenters. The maximum Gasteiger partial charge on any atom is 0.0547 e. The largest absolute Gasteiger partial charge is 0.378 e. The molecular formula is C38H74O2. The summed E-state index contributed by atoms with van der Waals surface area (Å²) >= 11 is 0. The number of hydrogen-bond acceptors (Lipinski definition) is 2. The monoisotopic (exact) mass is 563 g/mol. The third-order valence-electron chi connectivity index (χ3n) is 9.57. The molecule has 5 aliphatic rings. The fourth-order valence-electron chi connectivity index (χ4n) is 5.65. The molecule has 2 nitrogen and oxygen atoms in total. The van der Waals surface area contributed by atoms with Crippen molar-refractivity contribution in [3.63, 3.8) is 0 Å². The maximum atomic E-state index is 5.39. The van der Waals surface area contributed by atoms with E-state index in [4.69, 9.17) is 9.47 Å². The topological polar surface area (TPSA) is 18.5 Å². The highest BCUT2D eigenvalue weighted by Crippen LogP contribution is 2.27. The van der Waals surface area contributed by atoms with Crippen molar-refractivity contribution < 1.29 is 10.9 Å². The van der Waals surface area contributed by atoms with Gasteiger partial charge >= 0.3 is 0 Å². The average Bonchev–Trinajstić information content (AvgIpc) is 2.94. The number of ether oxygens (including phenoxy) is 2. The van der Waals surface area contributed by atoms with Crippen LogP contribution in [0.15, 0.2) is 23.3 Å². The standard InChI is InChI=1S/C8H16.2C8H14.2C7H14O.H2/c3*1-7-3-5-8(2)6-4-7;2*1-6-3-4-7(2)8-5-6;/h7-8H,3-6H2,1-2H3;2*3,8H,4-6H2,1-2H3;2*6-7H,3-5H2,1-2H3;1H. The molecule has 238 valence electrons. The molecule has 2 heterocycles. The van der Waals surface area contributed by atoms with Crippen molar-refractivity contribution in [2.24, 2.45) is 35.5 Å². The molecule has 3 fully saturated rings. The Labute approximate surface area is 254 Å². The summed E-state index contributed by atoms with van der Waals surface area (Å²) in [5.41, 5.74) is 3.17. The van der Waals surface area contributed by atoms with E-state index >= 15 is 0 Å². The van der Waals surface area contributed by atoms with E-state index in [0.717, 1.165) is 48.7 Å². The van der Waals surface area contributed by atoms with Gasteiger partial charge < -0.3 is 9.47 Å². The molecule has 6 atom stereocenters. The van der Waals surface area contributed by atoms with E-state index in [1.165, 1.54) is 89.9 Å². The minimum Gasteiger partial charge on any atom is -0.378 e. The summed E-state index contributed by atoms with van der Waals surface area (Å²) in [6.07, 6.45) is 25.0. The first-order chi connectivity index (χ1) is 18.9. The van der Waals surface area contributed by atoms with E-state index in [2.05, 4.69) is 81.4 Å². The lowest BCUT2D eigenvalue weighted by Crippen LogP contribution is -2.21. The lowest BCUT2D eigenvalue weighted by Gasteiger charge is -2.23. The van der Waals surface area contributed by atoms with Crippen LogP contribution in [0, 0.1) is 35.5 Å². The van der Waals surface area contributed by atoms with Crippen molar-refractivity contribution in [1.82, 2.24) is 0 Å². The molecule has 3 aliphatic carbocycles. The third kappa shape index (κ3) is 20.3. The van der Waals surface area contributed by atoms with Gasteiger partial charge in [0.1, 0.15) is 0 Å². The Balaban J connectivity index is 0.000000485. The van der Waals surface area contributed by atoms with Crippen molar-refractivity contribution in [2.45, 2.75) is 171 Å². The molecule has 0 aromatic heterocycles. The van der Waals surface area contributed by atoms with Crippen LogP contribution in [0.3, 0.4) is 0 Å². The van der Waals surface area contributed by atoms with Crippen LogP contribution in [0.1, 0.15) is 161 Å². The fourth-order valence-corrected chi connectivity index (χ4v) is 5.65. The van der Waals surface area contributed by atoms with Gasteiger partial charge in [0.25, 0.3) is 0 Å². The van der Waals surface area contributed by atoms with Crippen molar-refractivity contribution >= 4 is 0 Å². The predicted molar refractivity (Wildman–Crippen MR) is 180 cm³/mol. The maximum absolute atomic E-state index is 5.39. The van der Waals surface area contributed by atoms with E-state index in [0.29, 0.717) is 12.2 Å². The lowest BCUT2D eigenvalue weighted by molar-refractivity contribution is 0.000174. The summed E-state index contributed by atoms with van der Waals surface area (Å²) in [6.45, 7) is 24.6. The van der Waals surface area contributed by atoms with E-state index < -0.39 is 0 Å². The van der Waals surface area contributed by atoms with Crippen molar-refractivity contribution in [3.8, 4) is 0 Å².